The highest BCUT2D eigenvalue weighted by atomic mass is 19.1. The molecule has 6 heteroatoms. The molecule has 0 saturated heterocycles. The van der Waals surface area contributed by atoms with Gasteiger partial charge in [-0.25, -0.2) is 4.98 Å². The van der Waals surface area contributed by atoms with Gasteiger partial charge in [0.1, 0.15) is 5.52 Å². The van der Waals surface area contributed by atoms with Gasteiger partial charge < -0.3 is 10.3 Å². The number of aromatic amines is 1. The van der Waals surface area contributed by atoms with Crippen LogP contribution in [0.15, 0.2) is 6.20 Å². The normalized spacial score (nSPS) is 10.5. The summed E-state index contributed by atoms with van der Waals surface area (Å²) in [6, 6.07) is 0. The Morgan fingerprint density at radius 3 is 3.08 bits per heavy atom. The minimum Gasteiger partial charge on any atom is -0.359 e. The fraction of sp³-hybridized carbons (Fsp3) is 0.167. The highest BCUT2D eigenvalue weighted by Gasteiger charge is 2.03. The van der Waals surface area contributed by atoms with Gasteiger partial charge in [0.15, 0.2) is 5.65 Å². The summed E-state index contributed by atoms with van der Waals surface area (Å²) in [5, 5.41) is 2.78. The predicted molar refractivity (Wildman–Crippen MR) is 41.2 cm³/mol. The van der Waals surface area contributed by atoms with Crippen molar-refractivity contribution in [3.63, 3.8) is 0 Å². The third-order valence-electron chi connectivity index (χ3n) is 1.45. The highest BCUT2D eigenvalue weighted by Crippen LogP contribution is 2.09. The SMILES string of the molecule is CNc1nc2nc(F)ncc2[nH]1. The summed E-state index contributed by atoms with van der Waals surface area (Å²) in [7, 11) is 1.71. The average molecular weight is 167 g/mol. The zero-order valence-electron chi connectivity index (χ0n) is 6.30. The molecule has 0 saturated carbocycles. The second kappa shape index (κ2) is 2.40. The fourth-order valence-electron chi connectivity index (χ4n) is 0.905. The van der Waals surface area contributed by atoms with Crippen molar-refractivity contribution in [3.05, 3.63) is 12.3 Å². The number of H-pyrrole nitrogens is 1. The van der Waals surface area contributed by atoms with Crippen LogP contribution in [0.1, 0.15) is 0 Å². The van der Waals surface area contributed by atoms with Crippen molar-refractivity contribution < 1.29 is 4.39 Å². The number of nitrogens with zero attached hydrogens (tertiary/aromatic N) is 3. The first-order valence-corrected chi connectivity index (χ1v) is 3.35. The molecule has 0 aliphatic rings. The Kier molecular flexibility index (Phi) is 1.39. The molecule has 0 fully saturated rings. The van der Waals surface area contributed by atoms with E-state index in [1.54, 1.807) is 7.05 Å². The average Bonchev–Trinajstić information content (AvgIpc) is 2.46. The molecule has 0 radical (unpaired) electrons. The topological polar surface area (TPSA) is 66.5 Å². The number of anilines is 1. The third-order valence-corrected chi connectivity index (χ3v) is 1.45. The van der Waals surface area contributed by atoms with E-state index in [1.165, 1.54) is 6.20 Å². The highest BCUT2D eigenvalue weighted by molar-refractivity contribution is 5.71. The fourth-order valence-corrected chi connectivity index (χ4v) is 0.905. The number of aromatic nitrogens is 4. The van der Waals surface area contributed by atoms with Crippen LogP contribution in [0.25, 0.3) is 11.2 Å². The summed E-state index contributed by atoms with van der Waals surface area (Å²) < 4.78 is 12.5. The van der Waals surface area contributed by atoms with Gasteiger partial charge >= 0.3 is 6.08 Å². The molecular weight excluding hydrogens is 161 g/mol. The monoisotopic (exact) mass is 167 g/mol. The van der Waals surface area contributed by atoms with Crippen molar-refractivity contribution in [1.82, 2.24) is 19.9 Å². The quantitative estimate of drug-likeness (QED) is 0.608. The van der Waals surface area contributed by atoms with Crippen LogP contribution in [0, 0.1) is 6.08 Å². The molecule has 2 aromatic heterocycles. The van der Waals surface area contributed by atoms with Gasteiger partial charge in [0, 0.05) is 7.05 Å². The van der Waals surface area contributed by atoms with E-state index >= 15 is 0 Å². The van der Waals surface area contributed by atoms with Gasteiger partial charge in [0.2, 0.25) is 5.95 Å². The second-order valence-corrected chi connectivity index (χ2v) is 2.21. The van der Waals surface area contributed by atoms with Gasteiger partial charge in [-0.1, -0.05) is 0 Å². The van der Waals surface area contributed by atoms with Gasteiger partial charge in [-0.2, -0.15) is 14.4 Å². The molecular formula is C6H6FN5. The van der Waals surface area contributed by atoms with Crippen LogP contribution in [0.3, 0.4) is 0 Å². The number of imidazole rings is 1. The van der Waals surface area contributed by atoms with Gasteiger partial charge in [-0.15, -0.1) is 0 Å². The van der Waals surface area contributed by atoms with Crippen LogP contribution in [0.2, 0.25) is 0 Å². The Labute approximate surface area is 67.1 Å². The molecule has 5 nitrogen and oxygen atoms in total. The number of nitrogens with one attached hydrogen (secondary N) is 2. The van der Waals surface area contributed by atoms with E-state index < -0.39 is 6.08 Å². The lowest BCUT2D eigenvalue weighted by atomic mass is 10.6. The van der Waals surface area contributed by atoms with Crippen LogP contribution in [-0.4, -0.2) is 27.0 Å². The minimum absolute atomic E-state index is 0.326. The molecule has 0 unspecified atom stereocenters. The molecule has 12 heavy (non-hydrogen) atoms. The molecule has 2 N–H and O–H groups in total. The van der Waals surface area contributed by atoms with E-state index in [1.807, 2.05) is 0 Å². The molecule has 2 heterocycles. The van der Waals surface area contributed by atoms with Crippen molar-refractivity contribution in [1.29, 1.82) is 0 Å². The molecule has 62 valence electrons. The van der Waals surface area contributed by atoms with E-state index in [0.717, 1.165) is 0 Å². The Balaban J connectivity index is 2.67. The molecule has 0 amide bonds. The molecule has 0 aliphatic carbocycles. The summed E-state index contributed by atoms with van der Waals surface area (Å²) in [6.45, 7) is 0. The third kappa shape index (κ3) is 0.969. The van der Waals surface area contributed by atoms with Crippen LogP contribution in [-0.2, 0) is 0 Å². The maximum absolute atomic E-state index is 12.5. The van der Waals surface area contributed by atoms with Crippen LogP contribution < -0.4 is 5.32 Å². The van der Waals surface area contributed by atoms with E-state index in [2.05, 4.69) is 25.3 Å². The first-order chi connectivity index (χ1) is 5.79. The largest absolute Gasteiger partial charge is 0.359 e. The molecule has 0 aliphatic heterocycles. The molecule has 2 rings (SSSR count). The Morgan fingerprint density at radius 2 is 2.33 bits per heavy atom. The maximum Gasteiger partial charge on any atom is 0.310 e. The minimum atomic E-state index is -0.767. The predicted octanol–water partition coefficient (Wildman–Crippen LogP) is 0.534. The van der Waals surface area contributed by atoms with Crippen molar-refractivity contribution in [2.24, 2.45) is 0 Å². The smallest absolute Gasteiger partial charge is 0.310 e. The lowest BCUT2D eigenvalue weighted by molar-refractivity contribution is 0.544. The lowest BCUT2D eigenvalue weighted by Gasteiger charge is -1.86. The second-order valence-electron chi connectivity index (χ2n) is 2.21. The first-order valence-electron chi connectivity index (χ1n) is 3.35. The summed E-state index contributed by atoms with van der Waals surface area (Å²) in [5.74, 6) is 0.546. The summed E-state index contributed by atoms with van der Waals surface area (Å²) in [6.07, 6.45) is 0.586. The maximum atomic E-state index is 12.5. The number of fused-ring (bicyclic) bond motifs is 1. The van der Waals surface area contributed by atoms with Crippen molar-refractivity contribution in [3.8, 4) is 0 Å². The van der Waals surface area contributed by atoms with E-state index in [-0.39, 0.29) is 0 Å². The zero-order valence-corrected chi connectivity index (χ0v) is 6.30. The Bertz CT molecular complexity index is 409. The van der Waals surface area contributed by atoms with E-state index in [4.69, 9.17) is 0 Å². The summed E-state index contributed by atoms with van der Waals surface area (Å²) in [4.78, 5) is 13.7. The van der Waals surface area contributed by atoms with Crippen molar-refractivity contribution in [2.75, 3.05) is 12.4 Å². The summed E-state index contributed by atoms with van der Waals surface area (Å²) in [5.41, 5.74) is 0.938. The van der Waals surface area contributed by atoms with Gasteiger partial charge in [-0.3, -0.25) is 0 Å². The van der Waals surface area contributed by atoms with E-state index in [0.29, 0.717) is 17.1 Å². The Hall–Kier alpha value is -1.72. The lowest BCUT2D eigenvalue weighted by Crippen LogP contribution is -1.88. The van der Waals surface area contributed by atoms with Crippen LogP contribution >= 0.6 is 0 Å². The zero-order chi connectivity index (χ0) is 8.55. The van der Waals surface area contributed by atoms with Crippen molar-refractivity contribution in [2.45, 2.75) is 0 Å². The molecule has 0 aromatic carbocycles. The Morgan fingerprint density at radius 1 is 1.50 bits per heavy atom. The van der Waals surface area contributed by atoms with Gasteiger partial charge in [0.25, 0.3) is 0 Å². The number of rotatable bonds is 1. The number of halogens is 1. The summed E-state index contributed by atoms with van der Waals surface area (Å²) >= 11 is 0. The molecule has 2 aromatic rings. The van der Waals surface area contributed by atoms with Crippen molar-refractivity contribution >= 4 is 17.1 Å². The van der Waals surface area contributed by atoms with Crippen LogP contribution in [0.5, 0.6) is 0 Å². The van der Waals surface area contributed by atoms with E-state index in [9.17, 15) is 4.39 Å². The molecule has 0 bridgehead atoms. The number of hydrogen-bond donors (Lipinski definition) is 2. The van der Waals surface area contributed by atoms with Gasteiger partial charge in [0.05, 0.1) is 6.20 Å². The number of hydrogen-bond acceptors (Lipinski definition) is 4. The first kappa shape index (κ1) is 6.96. The van der Waals surface area contributed by atoms with Crippen LogP contribution in [0.4, 0.5) is 10.3 Å². The molecule has 0 spiro atoms. The standard InChI is InChI=1S/C6H6FN5/c1-8-6-10-3-2-9-5(7)11-4(3)12-6/h2H,1H3,(H2,8,9,10,11,12). The van der Waals surface area contributed by atoms with Gasteiger partial charge in [-0.05, 0) is 0 Å². The molecule has 0 atom stereocenters.